The fourth-order valence-corrected chi connectivity index (χ4v) is 0.176. The molecule has 0 aliphatic carbocycles. The van der Waals surface area contributed by atoms with Crippen LogP contribution in [0.4, 0.5) is 0 Å². The maximum Gasteiger partial charge on any atom is 0.310 e. The van der Waals surface area contributed by atoms with Crippen LogP contribution in [0.1, 0.15) is 13.3 Å². The van der Waals surface area contributed by atoms with Crippen LogP contribution in [-0.2, 0) is 9.53 Å². The van der Waals surface area contributed by atoms with Gasteiger partial charge in [0, 0.05) is 6.42 Å². The topological polar surface area (TPSA) is 26.3 Å². The predicted molar refractivity (Wildman–Crippen MR) is 33.0 cm³/mol. The first-order valence-electron chi connectivity index (χ1n) is 2.11. The first-order chi connectivity index (χ1) is 3.31. The van der Waals surface area contributed by atoms with Crippen molar-refractivity contribution in [3.05, 3.63) is 20.3 Å². The lowest BCUT2D eigenvalue weighted by atomic mass is 10.5. The Morgan fingerprint density at radius 1 is 1.88 bits per heavy atom. The van der Waals surface area contributed by atoms with E-state index in [1.807, 2.05) is 0 Å². The van der Waals surface area contributed by atoms with Gasteiger partial charge in [0.1, 0.15) is 0 Å². The number of hydrogen-bond donors (Lipinski definition) is 0. The molecule has 0 aromatic carbocycles. The third-order valence-corrected chi connectivity index (χ3v) is 0.503. The second-order valence-corrected chi connectivity index (χ2v) is 1.01. The normalized spacial score (nSPS) is 6.62. The minimum Gasteiger partial charge on any atom is -0.435 e. The van der Waals surface area contributed by atoms with Gasteiger partial charge in [0.05, 0.1) is 6.26 Å². The van der Waals surface area contributed by atoms with Crippen LogP contribution in [0.2, 0.25) is 0 Å². The molecule has 0 atom stereocenters. The summed E-state index contributed by atoms with van der Waals surface area (Å²) >= 11 is 0. The average molecular weight is 115 g/mol. The molecule has 0 aromatic rings. The molecule has 0 amide bonds. The highest BCUT2D eigenvalue weighted by Crippen LogP contribution is 1.81. The van der Waals surface area contributed by atoms with Gasteiger partial charge in [0.2, 0.25) is 0 Å². The second kappa shape index (κ2) is 6.21. The summed E-state index contributed by atoms with van der Waals surface area (Å²) in [5.74, 6) is -0.241. The lowest BCUT2D eigenvalue weighted by Crippen LogP contribution is -1.94. The van der Waals surface area contributed by atoms with E-state index in [1.54, 1.807) is 6.92 Å². The standard InChI is InChI=1S/C5H8O2.CH3/c1-3-5(6)7-4-2;/h4H,2-3H2,1H3;1H3. The van der Waals surface area contributed by atoms with Crippen LogP contribution in [-0.4, -0.2) is 5.97 Å². The van der Waals surface area contributed by atoms with Gasteiger partial charge < -0.3 is 4.74 Å². The summed E-state index contributed by atoms with van der Waals surface area (Å²) in [6.45, 7) is 4.93. The first-order valence-corrected chi connectivity index (χ1v) is 2.11. The van der Waals surface area contributed by atoms with E-state index in [4.69, 9.17) is 0 Å². The van der Waals surface area contributed by atoms with Gasteiger partial charge in [0.15, 0.2) is 0 Å². The van der Waals surface area contributed by atoms with E-state index in [-0.39, 0.29) is 13.4 Å². The van der Waals surface area contributed by atoms with Crippen molar-refractivity contribution in [3.63, 3.8) is 0 Å². The third kappa shape index (κ3) is 5.21. The Balaban J connectivity index is 0. The van der Waals surface area contributed by atoms with Crippen LogP contribution in [0, 0.1) is 7.43 Å². The van der Waals surface area contributed by atoms with Gasteiger partial charge in [-0.15, -0.1) is 0 Å². The second-order valence-electron chi connectivity index (χ2n) is 1.01. The predicted octanol–water partition coefficient (Wildman–Crippen LogP) is 1.53. The maximum absolute atomic E-state index is 10.1. The molecule has 0 saturated carbocycles. The fourth-order valence-electron chi connectivity index (χ4n) is 0.176. The molecule has 0 spiro atoms. The van der Waals surface area contributed by atoms with Crippen molar-refractivity contribution in [1.29, 1.82) is 0 Å². The summed E-state index contributed by atoms with van der Waals surface area (Å²) in [7, 11) is 0. The zero-order chi connectivity index (χ0) is 5.70. The highest BCUT2D eigenvalue weighted by Gasteiger charge is 1.89. The quantitative estimate of drug-likeness (QED) is 0.403. The number of carbonyl (C=O) groups is 1. The Labute approximate surface area is 50.2 Å². The molecule has 8 heavy (non-hydrogen) atoms. The summed E-state index contributed by atoms with van der Waals surface area (Å²) in [6, 6.07) is 0. The summed E-state index contributed by atoms with van der Waals surface area (Å²) in [4.78, 5) is 10.1. The Bertz CT molecular complexity index is 76.6. The van der Waals surface area contributed by atoms with Crippen LogP contribution in [0.15, 0.2) is 12.8 Å². The zero-order valence-corrected chi connectivity index (χ0v) is 5.31. The molecule has 0 aromatic heterocycles. The van der Waals surface area contributed by atoms with Gasteiger partial charge >= 0.3 is 5.97 Å². The Morgan fingerprint density at radius 3 is 2.50 bits per heavy atom. The van der Waals surface area contributed by atoms with Crippen LogP contribution in [0.25, 0.3) is 0 Å². The van der Waals surface area contributed by atoms with E-state index in [2.05, 4.69) is 11.3 Å². The van der Waals surface area contributed by atoms with Crippen LogP contribution < -0.4 is 0 Å². The van der Waals surface area contributed by atoms with E-state index >= 15 is 0 Å². The Hall–Kier alpha value is -0.790. The summed E-state index contributed by atoms with van der Waals surface area (Å²) in [6.07, 6.45) is 1.54. The van der Waals surface area contributed by atoms with Crippen LogP contribution in [0.5, 0.6) is 0 Å². The highest BCUT2D eigenvalue weighted by molar-refractivity contribution is 5.69. The molecule has 0 N–H and O–H groups in total. The molecule has 0 rings (SSSR count). The van der Waals surface area contributed by atoms with Crippen LogP contribution in [0.3, 0.4) is 0 Å². The van der Waals surface area contributed by atoms with Crippen molar-refractivity contribution in [2.24, 2.45) is 0 Å². The van der Waals surface area contributed by atoms with Crippen molar-refractivity contribution in [1.82, 2.24) is 0 Å². The minimum absolute atomic E-state index is 0. The van der Waals surface area contributed by atoms with E-state index in [1.165, 1.54) is 0 Å². The molecule has 0 aliphatic rings. The molecule has 47 valence electrons. The summed E-state index contributed by atoms with van der Waals surface area (Å²) in [5, 5.41) is 0. The number of rotatable bonds is 2. The van der Waals surface area contributed by atoms with Gasteiger partial charge in [0.25, 0.3) is 0 Å². The van der Waals surface area contributed by atoms with Crippen molar-refractivity contribution in [2.45, 2.75) is 13.3 Å². The molecule has 2 nitrogen and oxygen atoms in total. The molecular weight excluding hydrogens is 104 g/mol. The van der Waals surface area contributed by atoms with Crippen molar-refractivity contribution < 1.29 is 9.53 Å². The number of ether oxygens (including phenoxy) is 1. The van der Waals surface area contributed by atoms with E-state index in [0.29, 0.717) is 6.42 Å². The lowest BCUT2D eigenvalue weighted by Gasteiger charge is -1.88. The largest absolute Gasteiger partial charge is 0.435 e. The smallest absolute Gasteiger partial charge is 0.310 e. The monoisotopic (exact) mass is 115 g/mol. The molecule has 0 fully saturated rings. The highest BCUT2D eigenvalue weighted by atomic mass is 16.5. The lowest BCUT2D eigenvalue weighted by molar-refractivity contribution is -0.137. The molecule has 2 heteroatoms. The molecule has 0 saturated heterocycles. The maximum atomic E-state index is 10.1. The molecule has 1 radical (unpaired) electrons. The van der Waals surface area contributed by atoms with Gasteiger partial charge in [-0.25, -0.2) is 0 Å². The molecule has 0 heterocycles. The number of hydrogen-bond acceptors (Lipinski definition) is 2. The van der Waals surface area contributed by atoms with Crippen LogP contribution >= 0.6 is 0 Å². The Morgan fingerprint density at radius 2 is 2.38 bits per heavy atom. The van der Waals surface area contributed by atoms with E-state index in [9.17, 15) is 4.79 Å². The Kier molecular flexibility index (Phi) is 7.95. The van der Waals surface area contributed by atoms with E-state index in [0.717, 1.165) is 6.26 Å². The molecule has 0 aliphatic heterocycles. The molecular formula is C6H11O2. The van der Waals surface area contributed by atoms with Crippen molar-refractivity contribution in [3.8, 4) is 0 Å². The molecule has 0 bridgehead atoms. The summed E-state index contributed by atoms with van der Waals surface area (Å²) in [5.41, 5.74) is 0. The first kappa shape index (κ1) is 10.2. The van der Waals surface area contributed by atoms with Gasteiger partial charge in [-0.05, 0) is 0 Å². The molecule has 0 unspecified atom stereocenters. The number of esters is 1. The SMILES string of the molecule is C=COC(=O)CC.[CH3]. The minimum atomic E-state index is -0.241. The van der Waals surface area contributed by atoms with Gasteiger partial charge in [-0.1, -0.05) is 20.9 Å². The number of carbonyl (C=O) groups excluding carboxylic acids is 1. The zero-order valence-electron chi connectivity index (χ0n) is 5.31. The van der Waals surface area contributed by atoms with Crippen molar-refractivity contribution >= 4 is 5.97 Å². The van der Waals surface area contributed by atoms with E-state index < -0.39 is 0 Å². The fraction of sp³-hybridized carbons (Fsp3) is 0.333. The summed E-state index contributed by atoms with van der Waals surface area (Å²) < 4.78 is 4.32. The van der Waals surface area contributed by atoms with Crippen molar-refractivity contribution in [2.75, 3.05) is 0 Å². The van der Waals surface area contributed by atoms with Gasteiger partial charge in [-0.3, -0.25) is 4.79 Å². The average Bonchev–Trinajstić information content (AvgIpc) is 1.68. The van der Waals surface area contributed by atoms with Gasteiger partial charge in [-0.2, -0.15) is 0 Å². The third-order valence-electron chi connectivity index (χ3n) is 0.503.